The van der Waals surface area contributed by atoms with E-state index in [0.717, 1.165) is 22.1 Å². The number of aromatic hydroxyl groups is 1. The number of aryl methyl sites for hydroxylation is 1. The van der Waals surface area contributed by atoms with Gasteiger partial charge in [-0.15, -0.1) is 0 Å². The van der Waals surface area contributed by atoms with Crippen LogP contribution in [0.3, 0.4) is 0 Å². The molecule has 1 N–H and O–H groups in total. The van der Waals surface area contributed by atoms with Crippen molar-refractivity contribution in [3.05, 3.63) is 97.7 Å². The van der Waals surface area contributed by atoms with Gasteiger partial charge in [0.2, 0.25) is 23.6 Å². The molecule has 230 valence electrons. The summed E-state index contributed by atoms with van der Waals surface area (Å²) in [5.74, 6) is -6.24. The van der Waals surface area contributed by atoms with Crippen molar-refractivity contribution in [1.82, 2.24) is 0 Å². The molecule has 0 spiro atoms. The summed E-state index contributed by atoms with van der Waals surface area (Å²) in [5, 5.41) is 11.4. The van der Waals surface area contributed by atoms with Crippen molar-refractivity contribution in [3.63, 3.8) is 0 Å². The van der Waals surface area contributed by atoms with Crippen LogP contribution in [0.5, 0.6) is 5.75 Å². The minimum atomic E-state index is -1.37. The first-order valence-corrected chi connectivity index (χ1v) is 16.0. The molecular formula is C34H26BrCl2FN2O5. The third-order valence-electron chi connectivity index (χ3n) is 10.2. The van der Waals surface area contributed by atoms with Crippen molar-refractivity contribution in [3.8, 4) is 5.75 Å². The molecule has 7 rings (SSSR count). The number of nitrogens with zero attached hydrogens (tertiary/aromatic N) is 2. The van der Waals surface area contributed by atoms with E-state index in [2.05, 4.69) is 15.9 Å². The Bertz CT molecular complexity index is 1900. The number of imide groups is 2. The Morgan fingerprint density at radius 1 is 0.889 bits per heavy atom. The monoisotopic (exact) mass is 710 g/mol. The SMILES string of the molecule is Cc1ccc(N2C(=O)[C@H]3[C@H](CC=C4[C@H]3C[C@H]3C(=O)N(c5ccc(F)c(Cl)c5)C(=O)[C@@]3(C)[C@H]4c3cc(Br)ccc3O)C2=O)cc1Cl. The normalized spacial score (nSPS) is 29.1. The number of carbonyl (C=O) groups excluding carboxylic acids is 4. The summed E-state index contributed by atoms with van der Waals surface area (Å²) in [6.45, 7) is 3.54. The lowest BCUT2D eigenvalue weighted by Gasteiger charge is -2.49. The van der Waals surface area contributed by atoms with Gasteiger partial charge in [0.1, 0.15) is 11.6 Å². The lowest BCUT2D eigenvalue weighted by molar-refractivity contribution is -0.131. The molecular weight excluding hydrogens is 686 g/mol. The Balaban J connectivity index is 1.38. The standard InChI is InChI=1S/C34H26BrCl2FN2O5/c1-15-3-5-17(12-24(15)36)39-30(42)20-8-7-19-21(28(20)32(39)44)14-23-31(43)40(18-6-9-26(38)25(37)13-18)33(45)34(23,2)29(19)22-11-16(35)4-10-27(22)41/h3-7,9-13,20-21,23,28-29,41H,8,14H2,1-2H3/t20-,21+,23-,28-,29+,34+/m0/s1. The summed E-state index contributed by atoms with van der Waals surface area (Å²) in [5.41, 5.74) is 1.10. The van der Waals surface area contributed by atoms with Gasteiger partial charge >= 0.3 is 0 Å². The van der Waals surface area contributed by atoms with Gasteiger partial charge in [0.25, 0.3) is 0 Å². The van der Waals surface area contributed by atoms with E-state index in [1.54, 1.807) is 37.3 Å². The Morgan fingerprint density at radius 2 is 1.58 bits per heavy atom. The number of fused-ring (bicyclic) bond motifs is 4. The molecule has 7 nitrogen and oxygen atoms in total. The van der Waals surface area contributed by atoms with Crippen LogP contribution in [0.1, 0.15) is 36.8 Å². The summed E-state index contributed by atoms with van der Waals surface area (Å²) in [6.07, 6.45) is 2.29. The highest BCUT2D eigenvalue weighted by molar-refractivity contribution is 9.10. The van der Waals surface area contributed by atoms with Crippen molar-refractivity contribution in [2.75, 3.05) is 9.80 Å². The average Bonchev–Trinajstić information content (AvgIpc) is 3.37. The van der Waals surface area contributed by atoms with Crippen LogP contribution in [-0.4, -0.2) is 28.7 Å². The van der Waals surface area contributed by atoms with E-state index in [1.807, 2.05) is 13.0 Å². The van der Waals surface area contributed by atoms with Crippen molar-refractivity contribution < 1.29 is 28.7 Å². The van der Waals surface area contributed by atoms with E-state index in [4.69, 9.17) is 23.2 Å². The summed E-state index contributed by atoms with van der Waals surface area (Å²) < 4.78 is 14.7. The molecule has 0 aromatic heterocycles. The van der Waals surface area contributed by atoms with Gasteiger partial charge < -0.3 is 5.11 Å². The van der Waals surface area contributed by atoms with Gasteiger partial charge in [0, 0.05) is 21.0 Å². The highest BCUT2D eigenvalue weighted by Gasteiger charge is 2.68. The number of hydrogen-bond acceptors (Lipinski definition) is 5. The molecule has 45 heavy (non-hydrogen) atoms. The van der Waals surface area contributed by atoms with Crippen LogP contribution in [0.2, 0.25) is 10.0 Å². The maximum absolute atomic E-state index is 14.5. The number of allylic oxidation sites excluding steroid dienone is 2. The molecule has 0 bridgehead atoms. The Morgan fingerprint density at radius 3 is 2.29 bits per heavy atom. The molecule has 2 aliphatic carbocycles. The van der Waals surface area contributed by atoms with Crippen molar-refractivity contribution >= 4 is 74.1 Å². The Hall–Kier alpha value is -3.53. The van der Waals surface area contributed by atoms with Gasteiger partial charge in [0.15, 0.2) is 0 Å². The second kappa shape index (κ2) is 10.5. The van der Waals surface area contributed by atoms with Crippen LogP contribution < -0.4 is 9.80 Å². The largest absolute Gasteiger partial charge is 0.508 e. The molecule has 11 heteroatoms. The summed E-state index contributed by atoms with van der Waals surface area (Å²) in [7, 11) is 0. The molecule has 6 atom stereocenters. The molecule has 1 saturated carbocycles. The number of benzene rings is 3. The molecule has 2 saturated heterocycles. The predicted octanol–water partition coefficient (Wildman–Crippen LogP) is 7.34. The van der Waals surface area contributed by atoms with Gasteiger partial charge in [-0.2, -0.15) is 0 Å². The smallest absolute Gasteiger partial charge is 0.241 e. The zero-order chi connectivity index (χ0) is 32.1. The lowest BCUT2D eigenvalue weighted by Crippen LogP contribution is -2.48. The number of anilines is 2. The zero-order valence-electron chi connectivity index (χ0n) is 24.1. The van der Waals surface area contributed by atoms with E-state index < -0.39 is 52.6 Å². The maximum Gasteiger partial charge on any atom is 0.241 e. The Kier molecular flexibility index (Phi) is 7.04. The van der Waals surface area contributed by atoms with Gasteiger partial charge in [-0.05, 0) is 86.7 Å². The van der Waals surface area contributed by atoms with E-state index in [0.29, 0.717) is 20.7 Å². The number of amides is 4. The number of phenolic OH excluding ortho intramolecular Hbond substituents is 1. The lowest BCUT2D eigenvalue weighted by atomic mass is 9.51. The fraction of sp³-hybridized carbons (Fsp3) is 0.294. The molecule has 0 radical (unpaired) electrons. The minimum absolute atomic E-state index is 0.0693. The van der Waals surface area contributed by atoms with Gasteiger partial charge in [-0.25, -0.2) is 14.2 Å². The zero-order valence-corrected chi connectivity index (χ0v) is 27.2. The van der Waals surface area contributed by atoms with Crippen molar-refractivity contribution in [2.45, 2.75) is 32.6 Å². The summed E-state index contributed by atoms with van der Waals surface area (Å²) in [6, 6.07) is 13.6. The van der Waals surface area contributed by atoms with Crippen LogP contribution in [0.25, 0.3) is 0 Å². The number of phenols is 1. The molecule has 3 aromatic carbocycles. The van der Waals surface area contributed by atoms with E-state index >= 15 is 0 Å². The third-order valence-corrected chi connectivity index (χ3v) is 11.3. The second-order valence-corrected chi connectivity index (χ2v) is 14.1. The fourth-order valence-corrected chi connectivity index (χ4v) is 8.69. The van der Waals surface area contributed by atoms with Crippen LogP contribution in [0.4, 0.5) is 15.8 Å². The molecule has 3 aromatic rings. The summed E-state index contributed by atoms with van der Waals surface area (Å²) in [4.78, 5) is 58.9. The quantitative estimate of drug-likeness (QED) is 0.227. The molecule has 3 fully saturated rings. The number of rotatable bonds is 3. The van der Waals surface area contributed by atoms with Gasteiger partial charge in [-0.1, -0.05) is 56.8 Å². The topological polar surface area (TPSA) is 95.0 Å². The number of carbonyl (C=O) groups is 4. The first-order chi connectivity index (χ1) is 21.3. The molecule has 4 amide bonds. The van der Waals surface area contributed by atoms with Crippen LogP contribution >= 0.6 is 39.1 Å². The highest BCUT2D eigenvalue weighted by atomic mass is 79.9. The fourth-order valence-electron chi connectivity index (χ4n) is 7.96. The van der Waals surface area contributed by atoms with Crippen molar-refractivity contribution in [1.29, 1.82) is 0 Å². The third kappa shape index (κ3) is 4.27. The predicted molar refractivity (Wildman–Crippen MR) is 171 cm³/mol. The van der Waals surface area contributed by atoms with Crippen molar-refractivity contribution in [2.24, 2.45) is 29.1 Å². The average molecular weight is 712 g/mol. The highest BCUT2D eigenvalue weighted by Crippen LogP contribution is 2.64. The second-order valence-electron chi connectivity index (χ2n) is 12.4. The van der Waals surface area contributed by atoms with Crippen LogP contribution in [-0.2, 0) is 19.2 Å². The molecule has 2 heterocycles. The first kappa shape index (κ1) is 30.1. The summed E-state index contributed by atoms with van der Waals surface area (Å²) >= 11 is 15.9. The Labute approximate surface area is 276 Å². The van der Waals surface area contributed by atoms with E-state index in [9.17, 15) is 28.7 Å². The van der Waals surface area contributed by atoms with Gasteiger partial charge in [0.05, 0.1) is 39.6 Å². The van der Waals surface area contributed by atoms with Crippen LogP contribution in [0, 0.1) is 41.8 Å². The molecule has 4 aliphatic rings. The first-order valence-electron chi connectivity index (χ1n) is 14.5. The van der Waals surface area contributed by atoms with E-state index in [-0.39, 0.29) is 41.1 Å². The van der Waals surface area contributed by atoms with Gasteiger partial charge in [-0.3, -0.25) is 19.2 Å². The van der Waals surface area contributed by atoms with E-state index in [1.165, 1.54) is 23.1 Å². The number of hydrogen-bond donors (Lipinski definition) is 1. The number of halogens is 4. The van der Waals surface area contributed by atoms with Crippen LogP contribution in [0.15, 0.2) is 70.7 Å². The maximum atomic E-state index is 14.5. The molecule has 0 unspecified atom stereocenters. The molecule has 2 aliphatic heterocycles. The minimum Gasteiger partial charge on any atom is -0.508 e.